The second-order valence-electron chi connectivity index (χ2n) is 6.77. The Bertz CT molecular complexity index is 789. The van der Waals surface area contributed by atoms with Crippen LogP contribution in [0.4, 0.5) is 5.95 Å². The maximum atomic E-state index is 12.5. The highest BCUT2D eigenvalue weighted by Crippen LogP contribution is 2.24. The molecule has 0 saturated carbocycles. The van der Waals surface area contributed by atoms with E-state index in [1.165, 1.54) is 0 Å². The van der Waals surface area contributed by atoms with E-state index in [2.05, 4.69) is 27.1 Å². The molecule has 27 heavy (non-hydrogen) atoms. The Hall–Kier alpha value is -2.83. The standard InChI is InChI=1S/C20H26N4O3/c1-14-7-10-24(11-8-14)20-21-9-6-17(23-20)19(25)22-13-15-4-5-16(26-2)12-18(15)27-3/h4-6,9,12,14H,7-8,10-11,13H2,1-3H3,(H,22,25). The van der Waals surface area contributed by atoms with Crippen LogP contribution in [0.15, 0.2) is 30.5 Å². The second-order valence-corrected chi connectivity index (χ2v) is 6.77. The predicted octanol–water partition coefficient (Wildman–Crippen LogP) is 2.66. The fourth-order valence-electron chi connectivity index (χ4n) is 3.10. The second kappa shape index (κ2) is 8.70. The first-order chi connectivity index (χ1) is 13.1. The fourth-order valence-corrected chi connectivity index (χ4v) is 3.10. The number of rotatable bonds is 6. The minimum absolute atomic E-state index is 0.234. The van der Waals surface area contributed by atoms with Crippen molar-refractivity contribution in [3.8, 4) is 11.5 Å². The summed E-state index contributed by atoms with van der Waals surface area (Å²) in [6.07, 6.45) is 3.89. The molecule has 2 heterocycles. The normalized spacial score (nSPS) is 14.7. The third-order valence-electron chi connectivity index (χ3n) is 4.88. The predicted molar refractivity (Wildman–Crippen MR) is 103 cm³/mol. The van der Waals surface area contributed by atoms with Crippen molar-refractivity contribution in [1.29, 1.82) is 0 Å². The number of hydrogen-bond acceptors (Lipinski definition) is 6. The maximum absolute atomic E-state index is 12.5. The largest absolute Gasteiger partial charge is 0.497 e. The summed E-state index contributed by atoms with van der Waals surface area (Å²) in [5, 5.41) is 2.90. The number of piperidine rings is 1. The topological polar surface area (TPSA) is 76.6 Å². The first-order valence-electron chi connectivity index (χ1n) is 9.17. The molecule has 1 saturated heterocycles. The maximum Gasteiger partial charge on any atom is 0.270 e. The Kier molecular flexibility index (Phi) is 6.11. The number of aromatic nitrogens is 2. The summed E-state index contributed by atoms with van der Waals surface area (Å²) in [5.74, 6) is 2.49. The van der Waals surface area contributed by atoms with Gasteiger partial charge in [0.15, 0.2) is 0 Å². The molecule has 7 nitrogen and oxygen atoms in total. The first-order valence-corrected chi connectivity index (χ1v) is 9.17. The molecule has 1 amide bonds. The van der Waals surface area contributed by atoms with Crippen molar-refractivity contribution in [3.63, 3.8) is 0 Å². The molecule has 1 fully saturated rings. The molecule has 3 rings (SSSR count). The van der Waals surface area contributed by atoms with Gasteiger partial charge in [-0.2, -0.15) is 0 Å². The van der Waals surface area contributed by atoms with Gasteiger partial charge < -0.3 is 19.7 Å². The molecule has 0 radical (unpaired) electrons. The minimum Gasteiger partial charge on any atom is -0.497 e. The van der Waals surface area contributed by atoms with Gasteiger partial charge in [0.1, 0.15) is 17.2 Å². The molecule has 1 aromatic carbocycles. The monoisotopic (exact) mass is 370 g/mol. The Labute approximate surface area is 159 Å². The van der Waals surface area contributed by atoms with Crippen LogP contribution in [-0.2, 0) is 6.54 Å². The van der Waals surface area contributed by atoms with E-state index in [-0.39, 0.29) is 5.91 Å². The third-order valence-corrected chi connectivity index (χ3v) is 4.88. The fraction of sp³-hybridized carbons (Fsp3) is 0.450. The molecule has 0 unspecified atom stereocenters. The Morgan fingerprint density at radius 3 is 2.70 bits per heavy atom. The zero-order valence-electron chi connectivity index (χ0n) is 16.1. The van der Waals surface area contributed by atoms with Crippen molar-refractivity contribution >= 4 is 11.9 Å². The Morgan fingerprint density at radius 2 is 2.00 bits per heavy atom. The van der Waals surface area contributed by atoms with E-state index in [1.54, 1.807) is 32.5 Å². The van der Waals surface area contributed by atoms with Crippen molar-refractivity contribution in [2.24, 2.45) is 5.92 Å². The number of carbonyl (C=O) groups excluding carboxylic acids is 1. The number of amides is 1. The third kappa shape index (κ3) is 4.67. The van der Waals surface area contributed by atoms with Gasteiger partial charge in [0, 0.05) is 37.5 Å². The van der Waals surface area contributed by atoms with Crippen molar-refractivity contribution < 1.29 is 14.3 Å². The van der Waals surface area contributed by atoms with Crippen LogP contribution in [0.1, 0.15) is 35.8 Å². The average molecular weight is 370 g/mol. The van der Waals surface area contributed by atoms with Crippen LogP contribution < -0.4 is 19.7 Å². The molecule has 144 valence electrons. The molecule has 1 aromatic heterocycles. The average Bonchev–Trinajstić information content (AvgIpc) is 2.72. The van der Waals surface area contributed by atoms with Gasteiger partial charge in [-0.1, -0.05) is 6.92 Å². The molecule has 0 aliphatic carbocycles. The highest BCUT2D eigenvalue weighted by Gasteiger charge is 2.19. The van der Waals surface area contributed by atoms with Crippen LogP contribution >= 0.6 is 0 Å². The Morgan fingerprint density at radius 1 is 1.22 bits per heavy atom. The van der Waals surface area contributed by atoms with Crippen molar-refractivity contribution in [2.75, 3.05) is 32.2 Å². The van der Waals surface area contributed by atoms with Gasteiger partial charge in [-0.05, 0) is 37.0 Å². The molecule has 2 aromatic rings. The molecule has 7 heteroatoms. The minimum atomic E-state index is -0.234. The first kappa shape index (κ1) is 18.9. The van der Waals surface area contributed by atoms with Gasteiger partial charge in [0.05, 0.1) is 14.2 Å². The van der Waals surface area contributed by atoms with Crippen LogP contribution in [0.5, 0.6) is 11.5 Å². The van der Waals surface area contributed by atoms with Gasteiger partial charge >= 0.3 is 0 Å². The van der Waals surface area contributed by atoms with Gasteiger partial charge in [-0.15, -0.1) is 0 Å². The smallest absolute Gasteiger partial charge is 0.270 e. The van der Waals surface area contributed by atoms with E-state index in [4.69, 9.17) is 9.47 Å². The van der Waals surface area contributed by atoms with Gasteiger partial charge in [-0.3, -0.25) is 4.79 Å². The lowest BCUT2D eigenvalue weighted by atomic mass is 10.00. The van der Waals surface area contributed by atoms with E-state index >= 15 is 0 Å². The lowest BCUT2D eigenvalue weighted by Gasteiger charge is -2.30. The summed E-state index contributed by atoms with van der Waals surface area (Å²) in [7, 11) is 3.20. The Balaban J connectivity index is 1.65. The number of nitrogens with one attached hydrogen (secondary N) is 1. The lowest BCUT2D eigenvalue weighted by molar-refractivity contribution is 0.0945. The molecule has 0 atom stereocenters. The molecule has 0 bridgehead atoms. The van der Waals surface area contributed by atoms with E-state index in [0.29, 0.717) is 29.7 Å². The summed E-state index contributed by atoms with van der Waals surface area (Å²) in [4.78, 5) is 23.5. The number of hydrogen-bond donors (Lipinski definition) is 1. The van der Waals surface area contributed by atoms with Crippen molar-refractivity contribution in [1.82, 2.24) is 15.3 Å². The number of nitrogens with zero attached hydrogens (tertiary/aromatic N) is 3. The van der Waals surface area contributed by atoms with Crippen LogP contribution in [0, 0.1) is 5.92 Å². The summed E-state index contributed by atoms with van der Waals surface area (Å²) in [6, 6.07) is 7.14. The van der Waals surface area contributed by atoms with E-state index in [1.807, 2.05) is 12.1 Å². The van der Waals surface area contributed by atoms with Gasteiger partial charge in [0.25, 0.3) is 5.91 Å². The number of ether oxygens (including phenoxy) is 2. The molecular weight excluding hydrogens is 344 g/mol. The zero-order valence-corrected chi connectivity index (χ0v) is 16.1. The SMILES string of the molecule is COc1ccc(CNC(=O)c2ccnc(N3CCC(C)CC3)n2)c(OC)c1. The van der Waals surface area contributed by atoms with E-state index < -0.39 is 0 Å². The summed E-state index contributed by atoms with van der Waals surface area (Å²) in [6.45, 7) is 4.45. The molecule has 1 aliphatic rings. The van der Waals surface area contributed by atoms with Crippen LogP contribution in [0.3, 0.4) is 0 Å². The lowest BCUT2D eigenvalue weighted by Crippen LogP contribution is -2.34. The van der Waals surface area contributed by atoms with Gasteiger partial charge in [0.2, 0.25) is 5.95 Å². The number of carbonyl (C=O) groups is 1. The summed E-state index contributed by atoms with van der Waals surface area (Å²) >= 11 is 0. The van der Waals surface area contributed by atoms with E-state index in [9.17, 15) is 4.79 Å². The van der Waals surface area contributed by atoms with E-state index in [0.717, 1.165) is 37.4 Å². The molecule has 0 spiro atoms. The number of benzene rings is 1. The van der Waals surface area contributed by atoms with Crippen molar-refractivity contribution in [3.05, 3.63) is 41.7 Å². The van der Waals surface area contributed by atoms with Crippen LogP contribution in [0.25, 0.3) is 0 Å². The van der Waals surface area contributed by atoms with Crippen molar-refractivity contribution in [2.45, 2.75) is 26.3 Å². The molecule has 1 aliphatic heterocycles. The number of anilines is 1. The zero-order chi connectivity index (χ0) is 19.2. The van der Waals surface area contributed by atoms with Crippen LogP contribution in [-0.4, -0.2) is 43.2 Å². The van der Waals surface area contributed by atoms with Crippen LogP contribution in [0.2, 0.25) is 0 Å². The quantitative estimate of drug-likeness (QED) is 0.842. The summed E-state index contributed by atoms with van der Waals surface area (Å²) in [5.41, 5.74) is 1.23. The van der Waals surface area contributed by atoms with Gasteiger partial charge in [-0.25, -0.2) is 9.97 Å². The highest BCUT2D eigenvalue weighted by atomic mass is 16.5. The number of methoxy groups -OCH3 is 2. The summed E-state index contributed by atoms with van der Waals surface area (Å²) < 4.78 is 10.6. The highest BCUT2D eigenvalue weighted by molar-refractivity contribution is 5.92. The molecule has 1 N–H and O–H groups in total. The molecular formula is C20H26N4O3.